The van der Waals surface area contributed by atoms with Crippen LogP contribution in [0.4, 0.5) is 4.39 Å². The number of nitrogens with one attached hydrogen (secondary N) is 2. The summed E-state index contributed by atoms with van der Waals surface area (Å²) in [5, 5.41) is 9.54. The predicted octanol–water partition coefficient (Wildman–Crippen LogP) is 3.26. The van der Waals surface area contributed by atoms with Crippen LogP contribution in [0.5, 0.6) is 0 Å². The van der Waals surface area contributed by atoms with E-state index in [-0.39, 0.29) is 23.5 Å². The lowest BCUT2D eigenvalue weighted by molar-refractivity contribution is 0.0938. The molecule has 0 aliphatic carbocycles. The van der Waals surface area contributed by atoms with E-state index in [1.165, 1.54) is 24.3 Å². The predicted molar refractivity (Wildman–Crippen MR) is 101 cm³/mol. The number of hydrogen-bond donors (Lipinski definition) is 2. The summed E-state index contributed by atoms with van der Waals surface area (Å²) in [6.45, 7) is 2.71. The molecule has 0 atom stereocenters. The van der Waals surface area contributed by atoms with Crippen molar-refractivity contribution in [3.05, 3.63) is 81.6 Å². The minimum Gasteiger partial charge on any atom is -0.345 e. The maximum atomic E-state index is 13.1. The molecule has 6 nitrogen and oxygen atoms in total. The molecule has 1 amide bonds. The van der Waals surface area contributed by atoms with Gasteiger partial charge >= 0.3 is 0 Å². The van der Waals surface area contributed by atoms with Gasteiger partial charge in [-0.15, -0.1) is 0 Å². The van der Waals surface area contributed by atoms with E-state index in [4.69, 9.17) is 12.2 Å². The second-order valence-corrected chi connectivity index (χ2v) is 6.14. The Balaban J connectivity index is 1.82. The molecule has 1 aromatic heterocycles. The molecule has 0 aliphatic heterocycles. The normalized spacial score (nSPS) is 10.6. The van der Waals surface area contributed by atoms with Gasteiger partial charge < -0.3 is 9.88 Å². The third kappa shape index (κ3) is 4.01. The average Bonchev–Trinajstić information content (AvgIpc) is 3.05. The molecule has 27 heavy (non-hydrogen) atoms. The zero-order chi connectivity index (χ0) is 19.4. The maximum absolute atomic E-state index is 13.1. The van der Waals surface area contributed by atoms with E-state index in [9.17, 15) is 14.0 Å². The second-order valence-electron chi connectivity index (χ2n) is 5.75. The highest BCUT2D eigenvalue weighted by Gasteiger charge is 2.18. The molecular formula is C19H17FN4O2S. The first-order valence-corrected chi connectivity index (χ1v) is 8.73. The summed E-state index contributed by atoms with van der Waals surface area (Å²) in [5.74, 6) is -0.588. The van der Waals surface area contributed by atoms with Crippen LogP contribution in [0.25, 0.3) is 0 Å². The number of aromatic amines is 1. The molecule has 0 radical (unpaired) electrons. The van der Waals surface area contributed by atoms with Crippen LogP contribution in [0.1, 0.15) is 39.0 Å². The van der Waals surface area contributed by atoms with Crippen LogP contribution in [-0.4, -0.2) is 26.5 Å². The Kier molecular flexibility index (Phi) is 5.56. The molecule has 138 valence electrons. The van der Waals surface area contributed by atoms with Crippen LogP contribution in [0.15, 0.2) is 48.5 Å². The lowest BCUT2D eigenvalue weighted by atomic mass is 9.98. The van der Waals surface area contributed by atoms with Crippen molar-refractivity contribution >= 4 is 23.9 Å². The van der Waals surface area contributed by atoms with Gasteiger partial charge in [-0.1, -0.05) is 18.2 Å². The number of rotatable bonds is 6. The van der Waals surface area contributed by atoms with Crippen LogP contribution < -0.4 is 5.32 Å². The molecule has 0 aliphatic rings. The number of benzene rings is 2. The first-order valence-electron chi connectivity index (χ1n) is 8.32. The maximum Gasteiger partial charge on any atom is 0.252 e. The Morgan fingerprint density at radius 2 is 1.81 bits per heavy atom. The third-order valence-electron chi connectivity index (χ3n) is 4.08. The second kappa shape index (κ2) is 8.05. The fourth-order valence-electron chi connectivity index (χ4n) is 2.70. The highest BCUT2D eigenvalue weighted by atomic mass is 32.1. The smallest absolute Gasteiger partial charge is 0.252 e. The summed E-state index contributed by atoms with van der Waals surface area (Å²) in [5.41, 5.74) is 0.795. The minimum absolute atomic E-state index is 0.166. The molecule has 2 aromatic carbocycles. The first kappa shape index (κ1) is 18.7. The lowest BCUT2D eigenvalue weighted by Gasteiger charge is -2.10. The monoisotopic (exact) mass is 384 g/mol. The number of H-pyrrole nitrogens is 1. The van der Waals surface area contributed by atoms with Gasteiger partial charge in [0.1, 0.15) is 5.82 Å². The molecule has 3 rings (SSSR count). The van der Waals surface area contributed by atoms with E-state index in [0.717, 1.165) is 0 Å². The topological polar surface area (TPSA) is 79.8 Å². The SMILES string of the molecule is CCn1c(CNC(=O)c2ccccc2C(=O)c2ccc(F)cc2)n[nH]c1=S. The number of amides is 1. The lowest BCUT2D eigenvalue weighted by Crippen LogP contribution is -2.26. The number of nitrogens with zero attached hydrogens (tertiary/aromatic N) is 2. The Hall–Kier alpha value is -3.13. The van der Waals surface area contributed by atoms with Gasteiger partial charge in [0.2, 0.25) is 0 Å². The number of hydrogen-bond acceptors (Lipinski definition) is 4. The van der Waals surface area contributed by atoms with Crippen molar-refractivity contribution in [1.82, 2.24) is 20.1 Å². The summed E-state index contributed by atoms with van der Waals surface area (Å²) in [6, 6.07) is 11.7. The average molecular weight is 384 g/mol. The van der Waals surface area contributed by atoms with E-state index >= 15 is 0 Å². The van der Waals surface area contributed by atoms with Crippen molar-refractivity contribution in [1.29, 1.82) is 0 Å². The third-order valence-corrected chi connectivity index (χ3v) is 4.40. The number of carbonyl (C=O) groups excluding carboxylic acids is 2. The Morgan fingerprint density at radius 1 is 1.15 bits per heavy atom. The van der Waals surface area contributed by atoms with Crippen LogP contribution in [-0.2, 0) is 13.1 Å². The van der Waals surface area contributed by atoms with Gasteiger partial charge in [0, 0.05) is 17.7 Å². The Labute approximate surface area is 160 Å². The van der Waals surface area contributed by atoms with Gasteiger partial charge in [-0.05, 0) is 49.5 Å². The fourth-order valence-corrected chi connectivity index (χ4v) is 2.98. The molecule has 1 heterocycles. The van der Waals surface area contributed by atoms with Crippen LogP contribution in [0.2, 0.25) is 0 Å². The zero-order valence-corrected chi connectivity index (χ0v) is 15.3. The molecule has 0 fully saturated rings. The van der Waals surface area contributed by atoms with E-state index in [2.05, 4.69) is 15.5 Å². The molecule has 0 bridgehead atoms. The Morgan fingerprint density at radius 3 is 2.48 bits per heavy atom. The minimum atomic E-state index is -0.429. The van der Waals surface area contributed by atoms with Gasteiger partial charge in [-0.2, -0.15) is 5.10 Å². The van der Waals surface area contributed by atoms with Crippen molar-refractivity contribution in [2.75, 3.05) is 0 Å². The van der Waals surface area contributed by atoms with Crippen LogP contribution >= 0.6 is 12.2 Å². The molecule has 3 aromatic rings. The molecule has 0 saturated carbocycles. The molecule has 8 heteroatoms. The molecule has 0 unspecified atom stereocenters. The molecule has 0 saturated heterocycles. The van der Waals surface area contributed by atoms with E-state index in [1.807, 2.05) is 6.92 Å². The van der Waals surface area contributed by atoms with Crippen molar-refractivity contribution in [3.8, 4) is 0 Å². The quantitative estimate of drug-likeness (QED) is 0.505. The number of ketones is 1. The highest BCUT2D eigenvalue weighted by Crippen LogP contribution is 2.15. The summed E-state index contributed by atoms with van der Waals surface area (Å²) >= 11 is 5.12. The zero-order valence-electron chi connectivity index (χ0n) is 14.5. The fraction of sp³-hybridized carbons (Fsp3) is 0.158. The Bertz CT molecular complexity index is 1040. The summed E-state index contributed by atoms with van der Waals surface area (Å²) in [4.78, 5) is 25.4. The standard InChI is InChI=1S/C19H17FN4O2S/c1-2-24-16(22-23-19(24)27)11-21-18(26)15-6-4-3-5-14(15)17(25)12-7-9-13(20)10-8-12/h3-10H,2,11H2,1H3,(H,21,26)(H,23,27). The van der Waals surface area contributed by atoms with Gasteiger partial charge in [0.15, 0.2) is 16.4 Å². The van der Waals surface area contributed by atoms with Crippen LogP contribution in [0.3, 0.4) is 0 Å². The van der Waals surface area contributed by atoms with Gasteiger partial charge in [0.25, 0.3) is 5.91 Å². The summed E-state index contributed by atoms with van der Waals surface area (Å²) in [6.07, 6.45) is 0. The molecule has 0 spiro atoms. The number of halogens is 1. The van der Waals surface area contributed by atoms with E-state index in [0.29, 0.717) is 22.7 Å². The molecular weight excluding hydrogens is 367 g/mol. The highest BCUT2D eigenvalue weighted by molar-refractivity contribution is 7.71. The van der Waals surface area contributed by atoms with Gasteiger partial charge in [-0.3, -0.25) is 14.7 Å². The van der Waals surface area contributed by atoms with Gasteiger partial charge in [0.05, 0.1) is 12.1 Å². The summed E-state index contributed by atoms with van der Waals surface area (Å²) < 4.78 is 15.3. The number of carbonyl (C=O) groups is 2. The largest absolute Gasteiger partial charge is 0.345 e. The van der Waals surface area contributed by atoms with Crippen LogP contribution in [0, 0.1) is 10.6 Å². The number of aromatic nitrogens is 3. The summed E-state index contributed by atoms with van der Waals surface area (Å²) in [7, 11) is 0. The van der Waals surface area contributed by atoms with Crippen molar-refractivity contribution < 1.29 is 14.0 Å². The van der Waals surface area contributed by atoms with E-state index < -0.39 is 11.7 Å². The first-order chi connectivity index (χ1) is 13.0. The van der Waals surface area contributed by atoms with Crippen molar-refractivity contribution in [2.45, 2.75) is 20.0 Å². The van der Waals surface area contributed by atoms with E-state index in [1.54, 1.807) is 28.8 Å². The van der Waals surface area contributed by atoms with Gasteiger partial charge in [-0.25, -0.2) is 4.39 Å². The van der Waals surface area contributed by atoms with Crippen molar-refractivity contribution in [3.63, 3.8) is 0 Å². The van der Waals surface area contributed by atoms with Crippen molar-refractivity contribution in [2.24, 2.45) is 0 Å². The molecule has 2 N–H and O–H groups in total.